The third kappa shape index (κ3) is 3.76. The first-order chi connectivity index (χ1) is 9.74. The molecule has 0 spiro atoms. The maximum atomic E-state index is 11.8. The van der Waals surface area contributed by atoms with Crippen LogP contribution >= 0.6 is 11.8 Å². The lowest BCUT2D eigenvalue weighted by atomic mass is 10.2. The molecule has 0 fully saturated rings. The van der Waals surface area contributed by atoms with Gasteiger partial charge in [-0.1, -0.05) is 19.1 Å². The van der Waals surface area contributed by atoms with Gasteiger partial charge in [0.25, 0.3) is 0 Å². The number of benzene rings is 1. The van der Waals surface area contributed by atoms with E-state index in [1.807, 2.05) is 31.2 Å². The van der Waals surface area contributed by atoms with Gasteiger partial charge in [0.1, 0.15) is 5.82 Å². The summed E-state index contributed by atoms with van der Waals surface area (Å²) < 4.78 is 0. The molecular weight excluding hydrogens is 270 g/mol. The second-order valence-corrected chi connectivity index (χ2v) is 5.78. The van der Waals surface area contributed by atoms with E-state index in [1.54, 1.807) is 11.8 Å². The van der Waals surface area contributed by atoms with Gasteiger partial charge in [-0.15, -0.1) is 0 Å². The van der Waals surface area contributed by atoms with Crippen molar-refractivity contribution in [2.45, 2.75) is 32.2 Å². The molecule has 0 aliphatic carbocycles. The summed E-state index contributed by atoms with van der Waals surface area (Å²) in [4.78, 5) is 19.8. The van der Waals surface area contributed by atoms with Crippen molar-refractivity contribution in [3.63, 3.8) is 0 Å². The Bertz CT molecular complexity index is 534. The molecule has 2 aromatic rings. The zero-order valence-corrected chi connectivity index (χ0v) is 12.8. The van der Waals surface area contributed by atoms with Gasteiger partial charge in [-0.25, -0.2) is 4.98 Å². The molecule has 4 nitrogen and oxygen atoms in total. The first kappa shape index (κ1) is 14.9. The zero-order valence-electron chi connectivity index (χ0n) is 12.0. The van der Waals surface area contributed by atoms with Gasteiger partial charge in [0, 0.05) is 6.42 Å². The first-order valence-electron chi connectivity index (χ1n) is 6.97. The van der Waals surface area contributed by atoms with Crippen LogP contribution in [0.3, 0.4) is 0 Å². The normalized spacial score (nSPS) is 12.5. The van der Waals surface area contributed by atoms with Gasteiger partial charge in [0.2, 0.25) is 5.91 Å². The van der Waals surface area contributed by atoms with Gasteiger partial charge >= 0.3 is 0 Å². The van der Waals surface area contributed by atoms with Crippen molar-refractivity contribution in [1.82, 2.24) is 15.3 Å². The quantitative estimate of drug-likeness (QED) is 0.823. The predicted octanol–water partition coefficient (Wildman–Crippen LogP) is 3.27. The number of hydrogen-bond acceptors (Lipinski definition) is 3. The number of carbonyl (C=O) groups is 1. The van der Waals surface area contributed by atoms with Crippen molar-refractivity contribution in [1.29, 1.82) is 0 Å². The van der Waals surface area contributed by atoms with Crippen molar-refractivity contribution < 1.29 is 4.79 Å². The lowest BCUT2D eigenvalue weighted by molar-refractivity contribution is -0.121. The van der Waals surface area contributed by atoms with E-state index in [1.165, 1.54) is 0 Å². The topological polar surface area (TPSA) is 57.8 Å². The lowest BCUT2D eigenvalue weighted by Gasteiger charge is -2.16. The van der Waals surface area contributed by atoms with Gasteiger partial charge in [0.05, 0.1) is 17.1 Å². The second-order valence-electron chi connectivity index (χ2n) is 4.79. The highest BCUT2D eigenvalue weighted by atomic mass is 32.2. The predicted molar refractivity (Wildman–Crippen MR) is 84.9 cm³/mol. The first-order valence-corrected chi connectivity index (χ1v) is 8.37. The highest BCUT2D eigenvalue weighted by Crippen LogP contribution is 2.20. The van der Waals surface area contributed by atoms with E-state index >= 15 is 0 Å². The molecule has 1 aromatic carbocycles. The smallest absolute Gasteiger partial charge is 0.220 e. The minimum absolute atomic E-state index is 0.0334. The maximum absolute atomic E-state index is 11.8. The summed E-state index contributed by atoms with van der Waals surface area (Å²) in [5, 5.41) is 3.08. The molecule has 108 valence electrons. The minimum atomic E-state index is -0.0334. The fourth-order valence-electron chi connectivity index (χ4n) is 2.14. The van der Waals surface area contributed by atoms with Crippen LogP contribution in [0.5, 0.6) is 0 Å². The van der Waals surface area contributed by atoms with E-state index in [9.17, 15) is 4.79 Å². The van der Waals surface area contributed by atoms with Crippen LogP contribution in [0.4, 0.5) is 0 Å². The van der Waals surface area contributed by atoms with Crippen LogP contribution in [0.25, 0.3) is 11.0 Å². The largest absolute Gasteiger partial charge is 0.346 e. The lowest BCUT2D eigenvalue weighted by Crippen LogP contribution is -2.29. The third-order valence-electron chi connectivity index (χ3n) is 3.16. The molecule has 0 saturated carbocycles. The Labute approximate surface area is 123 Å². The van der Waals surface area contributed by atoms with Crippen LogP contribution in [-0.4, -0.2) is 27.9 Å². The number of aromatic nitrogens is 2. The van der Waals surface area contributed by atoms with Crippen molar-refractivity contribution in [3.05, 3.63) is 30.1 Å². The summed E-state index contributed by atoms with van der Waals surface area (Å²) in [5.41, 5.74) is 1.96. The Balaban J connectivity index is 2.18. The Morgan fingerprint density at radius 1 is 1.45 bits per heavy atom. The molecule has 1 atom stereocenters. The summed E-state index contributed by atoms with van der Waals surface area (Å²) in [7, 11) is 0. The van der Waals surface area contributed by atoms with E-state index in [0.29, 0.717) is 6.42 Å². The molecule has 1 amide bonds. The SMILES string of the molecule is CCCC(=O)N[C@@H](CCSC)c1nc2ccccc2[nH]1. The average Bonchev–Trinajstić information content (AvgIpc) is 2.87. The van der Waals surface area contributed by atoms with E-state index < -0.39 is 0 Å². The number of fused-ring (bicyclic) bond motifs is 1. The van der Waals surface area contributed by atoms with Gasteiger partial charge < -0.3 is 10.3 Å². The molecule has 0 aliphatic rings. The number of imidazole rings is 1. The van der Waals surface area contributed by atoms with Crippen LogP contribution in [0.15, 0.2) is 24.3 Å². The van der Waals surface area contributed by atoms with Crippen molar-refractivity contribution in [2.24, 2.45) is 0 Å². The van der Waals surface area contributed by atoms with E-state index in [0.717, 1.165) is 35.5 Å². The van der Waals surface area contributed by atoms with E-state index in [-0.39, 0.29) is 11.9 Å². The van der Waals surface area contributed by atoms with Crippen molar-refractivity contribution >= 4 is 28.7 Å². The van der Waals surface area contributed by atoms with Gasteiger partial charge in [-0.2, -0.15) is 11.8 Å². The van der Waals surface area contributed by atoms with Gasteiger partial charge in [-0.05, 0) is 37.0 Å². The molecular formula is C15H21N3OS. The van der Waals surface area contributed by atoms with E-state index in [2.05, 4.69) is 21.5 Å². The molecule has 2 rings (SSSR count). The standard InChI is InChI=1S/C15H21N3OS/c1-3-6-14(19)16-13(9-10-20-2)15-17-11-7-4-5-8-12(11)18-15/h4-5,7-8,13H,3,6,9-10H2,1-2H3,(H,16,19)(H,17,18)/t13-/m0/s1. The highest BCUT2D eigenvalue weighted by Gasteiger charge is 2.17. The number of nitrogens with one attached hydrogen (secondary N) is 2. The van der Waals surface area contributed by atoms with Crippen molar-refractivity contribution in [2.75, 3.05) is 12.0 Å². The number of nitrogens with zero attached hydrogens (tertiary/aromatic N) is 1. The monoisotopic (exact) mass is 291 g/mol. The number of H-pyrrole nitrogens is 1. The third-order valence-corrected chi connectivity index (χ3v) is 3.80. The number of thioether (sulfide) groups is 1. The molecule has 2 N–H and O–H groups in total. The molecule has 0 bridgehead atoms. The van der Waals surface area contributed by atoms with Gasteiger partial charge in [0.15, 0.2) is 0 Å². The van der Waals surface area contributed by atoms with Crippen LogP contribution in [0, 0.1) is 0 Å². The Morgan fingerprint density at radius 2 is 2.25 bits per heavy atom. The molecule has 1 heterocycles. The summed E-state index contributed by atoms with van der Waals surface area (Å²) in [6.07, 6.45) is 4.39. The minimum Gasteiger partial charge on any atom is -0.346 e. The molecule has 0 saturated heterocycles. The number of aromatic amines is 1. The maximum Gasteiger partial charge on any atom is 0.220 e. The zero-order chi connectivity index (χ0) is 14.4. The van der Waals surface area contributed by atoms with Crippen molar-refractivity contribution in [3.8, 4) is 0 Å². The number of rotatable bonds is 7. The van der Waals surface area contributed by atoms with Crippen LogP contribution in [-0.2, 0) is 4.79 Å². The Kier molecular flexibility index (Phi) is 5.47. The summed E-state index contributed by atoms with van der Waals surface area (Å²) in [5.74, 6) is 1.94. The summed E-state index contributed by atoms with van der Waals surface area (Å²) >= 11 is 1.78. The van der Waals surface area contributed by atoms with Crippen LogP contribution in [0.1, 0.15) is 38.1 Å². The molecule has 0 aliphatic heterocycles. The number of carbonyl (C=O) groups excluding carboxylic acids is 1. The second kappa shape index (κ2) is 7.33. The number of para-hydroxylation sites is 2. The average molecular weight is 291 g/mol. The van der Waals surface area contributed by atoms with E-state index in [4.69, 9.17) is 0 Å². The number of amides is 1. The molecule has 20 heavy (non-hydrogen) atoms. The number of hydrogen-bond donors (Lipinski definition) is 2. The van der Waals surface area contributed by atoms with Gasteiger partial charge in [-0.3, -0.25) is 4.79 Å². The Morgan fingerprint density at radius 3 is 2.95 bits per heavy atom. The fraction of sp³-hybridized carbons (Fsp3) is 0.467. The highest BCUT2D eigenvalue weighted by molar-refractivity contribution is 7.98. The fourth-order valence-corrected chi connectivity index (χ4v) is 2.62. The summed E-state index contributed by atoms with van der Waals surface area (Å²) in [6.45, 7) is 2.01. The van der Waals surface area contributed by atoms with Crippen LogP contribution < -0.4 is 5.32 Å². The van der Waals surface area contributed by atoms with Crippen LogP contribution in [0.2, 0.25) is 0 Å². The summed E-state index contributed by atoms with van der Waals surface area (Å²) in [6, 6.07) is 7.91. The molecule has 0 radical (unpaired) electrons. The molecule has 0 unspecified atom stereocenters. The molecule has 1 aromatic heterocycles. The molecule has 5 heteroatoms. The Hall–Kier alpha value is -1.49.